The molecule has 0 aromatic carbocycles. The molecule has 1 amide bonds. The van der Waals surface area contributed by atoms with E-state index in [4.69, 9.17) is 10.5 Å². The Morgan fingerprint density at radius 2 is 2.44 bits per heavy atom. The number of nitrogens with two attached hydrogens (primary N) is 1. The molecule has 1 atom stereocenters. The van der Waals surface area contributed by atoms with Gasteiger partial charge in [-0.15, -0.1) is 0 Å². The maximum absolute atomic E-state index is 11.3. The van der Waals surface area contributed by atoms with Crippen molar-refractivity contribution in [1.29, 1.82) is 0 Å². The largest absolute Gasteiger partial charge is 0.364 e. The van der Waals surface area contributed by atoms with Crippen molar-refractivity contribution in [1.82, 2.24) is 9.78 Å². The van der Waals surface area contributed by atoms with Crippen LogP contribution < -0.4 is 5.73 Å². The van der Waals surface area contributed by atoms with Gasteiger partial charge in [0.2, 0.25) is 0 Å². The van der Waals surface area contributed by atoms with Crippen LogP contribution in [0, 0.1) is 0 Å². The van der Waals surface area contributed by atoms with E-state index in [2.05, 4.69) is 5.10 Å². The van der Waals surface area contributed by atoms with Gasteiger partial charge in [0.1, 0.15) is 0 Å². The summed E-state index contributed by atoms with van der Waals surface area (Å²) in [6.07, 6.45) is 1.93. The first-order chi connectivity index (χ1) is 7.77. The Morgan fingerprint density at radius 1 is 1.62 bits per heavy atom. The number of amides is 1. The Hall–Kier alpha value is -1.01. The molecule has 0 spiro atoms. The third-order valence-corrected chi connectivity index (χ3v) is 4.01. The first kappa shape index (κ1) is 10.2. The summed E-state index contributed by atoms with van der Waals surface area (Å²) in [5, 5.41) is 4.32. The van der Waals surface area contributed by atoms with Crippen molar-refractivity contribution in [3.63, 3.8) is 0 Å². The van der Waals surface area contributed by atoms with Crippen LogP contribution in [-0.4, -0.2) is 28.0 Å². The van der Waals surface area contributed by atoms with E-state index in [1.165, 1.54) is 0 Å². The van der Waals surface area contributed by atoms with Gasteiger partial charge < -0.3 is 10.5 Å². The number of rotatable bonds is 2. The summed E-state index contributed by atoms with van der Waals surface area (Å²) in [6, 6.07) is 0. The standard InChI is InChI=1S/C10H13N3O2S/c11-10(14)9-6-5-16-4-2-7(6)13(12-9)8-1-3-15-8/h8H,1-5H2,(H2,11,14). The molecule has 0 radical (unpaired) electrons. The van der Waals surface area contributed by atoms with Crippen molar-refractivity contribution < 1.29 is 9.53 Å². The van der Waals surface area contributed by atoms with E-state index in [0.29, 0.717) is 5.69 Å². The normalized spacial score (nSPS) is 23.6. The number of carbonyl (C=O) groups excluding carboxylic acids is 1. The summed E-state index contributed by atoms with van der Waals surface area (Å²) < 4.78 is 7.28. The number of hydrogen-bond acceptors (Lipinski definition) is 4. The minimum absolute atomic E-state index is 0.0185. The topological polar surface area (TPSA) is 70.1 Å². The fourth-order valence-electron chi connectivity index (χ4n) is 2.12. The van der Waals surface area contributed by atoms with Gasteiger partial charge in [0.15, 0.2) is 11.9 Å². The lowest BCUT2D eigenvalue weighted by Crippen LogP contribution is -2.27. The maximum atomic E-state index is 11.3. The predicted octanol–water partition coefficient (Wildman–Crippen LogP) is 0.690. The highest BCUT2D eigenvalue weighted by atomic mass is 32.2. The summed E-state index contributed by atoms with van der Waals surface area (Å²) in [5.41, 5.74) is 7.92. The van der Waals surface area contributed by atoms with Crippen molar-refractivity contribution in [2.45, 2.75) is 24.8 Å². The molecule has 2 aliphatic rings. The summed E-state index contributed by atoms with van der Waals surface area (Å²) in [6.45, 7) is 0.778. The van der Waals surface area contributed by atoms with E-state index in [0.717, 1.165) is 42.2 Å². The number of hydrogen-bond donors (Lipinski definition) is 1. The molecule has 3 rings (SSSR count). The van der Waals surface area contributed by atoms with Crippen LogP contribution in [0.5, 0.6) is 0 Å². The second-order valence-corrected chi connectivity index (χ2v) is 5.10. The molecule has 1 unspecified atom stereocenters. The summed E-state index contributed by atoms with van der Waals surface area (Å²) >= 11 is 1.82. The molecular formula is C10H13N3O2S. The van der Waals surface area contributed by atoms with Crippen molar-refractivity contribution >= 4 is 17.7 Å². The molecule has 2 N–H and O–H groups in total. The molecule has 16 heavy (non-hydrogen) atoms. The van der Waals surface area contributed by atoms with E-state index in [1.54, 1.807) is 0 Å². The molecule has 2 aliphatic heterocycles. The fraction of sp³-hybridized carbons (Fsp3) is 0.600. The molecule has 1 aromatic rings. The first-order valence-electron chi connectivity index (χ1n) is 5.37. The van der Waals surface area contributed by atoms with Crippen LogP contribution in [0.25, 0.3) is 0 Å². The van der Waals surface area contributed by atoms with Crippen LogP contribution in [0.3, 0.4) is 0 Å². The number of carbonyl (C=O) groups is 1. The highest BCUT2D eigenvalue weighted by molar-refractivity contribution is 7.98. The Balaban J connectivity index is 2.07. The molecule has 0 bridgehead atoms. The van der Waals surface area contributed by atoms with Crippen molar-refractivity contribution in [3.8, 4) is 0 Å². The van der Waals surface area contributed by atoms with Gasteiger partial charge in [0.05, 0.1) is 6.61 Å². The molecule has 5 nitrogen and oxygen atoms in total. The molecule has 0 aliphatic carbocycles. The summed E-state index contributed by atoms with van der Waals surface area (Å²) in [5.74, 6) is 1.47. The highest BCUT2D eigenvalue weighted by Crippen LogP contribution is 2.32. The summed E-state index contributed by atoms with van der Waals surface area (Å²) in [4.78, 5) is 11.3. The number of nitrogens with zero attached hydrogens (tertiary/aromatic N) is 2. The molecule has 0 saturated carbocycles. The average Bonchev–Trinajstić information content (AvgIpc) is 2.56. The summed E-state index contributed by atoms with van der Waals surface area (Å²) in [7, 11) is 0. The highest BCUT2D eigenvalue weighted by Gasteiger charge is 2.30. The molecule has 6 heteroatoms. The third kappa shape index (κ3) is 1.44. The Kier molecular flexibility index (Phi) is 2.40. The zero-order valence-corrected chi connectivity index (χ0v) is 9.63. The van der Waals surface area contributed by atoms with Crippen molar-refractivity contribution in [2.75, 3.05) is 12.4 Å². The second kappa shape index (κ2) is 3.78. The van der Waals surface area contributed by atoms with Crippen LogP contribution >= 0.6 is 11.8 Å². The van der Waals surface area contributed by atoms with Gasteiger partial charge >= 0.3 is 0 Å². The van der Waals surface area contributed by atoms with Gasteiger partial charge in [-0.3, -0.25) is 4.79 Å². The van der Waals surface area contributed by atoms with Gasteiger partial charge in [0, 0.05) is 23.4 Å². The average molecular weight is 239 g/mol. The zero-order chi connectivity index (χ0) is 11.1. The number of thioether (sulfide) groups is 1. The van der Waals surface area contributed by atoms with Gasteiger partial charge in [-0.1, -0.05) is 0 Å². The monoisotopic (exact) mass is 239 g/mol. The predicted molar refractivity (Wildman–Crippen MR) is 60.2 cm³/mol. The SMILES string of the molecule is NC(=O)c1nn(C2CCO2)c2c1CSCC2. The number of primary amides is 1. The van der Waals surface area contributed by atoms with E-state index in [1.807, 2.05) is 16.4 Å². The molecule has 1 fully saturated rings. The Bertz CT molecular complexity index is 440. The van der Waals surface area contributed by atoms with Crippen molar-refractivity contribution in [2.24, 2.45) is 5.73 Å². The molecule has 1 aromatic heterocycles. The lowest BCUT2D eigenvalue weighted by atomic mass is 10.1. The quantitative estimate of drug-likeness (QED) is 0.824. The number of fused-ring (bicyclic) bond motifs is 1. The van der Waals surface area contributed by atoms with Crippen molar-refractivity contribution in [3.05, 3.63) is 17.0 Å². The van der Waals surface area contributed by atoms with Gasteiger partial charge in [-0.2, -0.15) is 16.9 Å². The number of aromatic nitrogens is 2. The lowest BCUT2D eigenvalue weighted by molar-refractivity contribution is -0.108. The van der Waals surface area contributed by atoms with E-state index >= 15 is 0 Å². The molecule has 3 heterocycles. The van der Waals surface area contributed by atoms with Gasteiger partial charge in [-0.25, -0.2) is 4.68 Å². The second-order valence-electron chi connectivity index (χ2n) is 4.00. The lowest BCUT2D eigenvalue weighted by Gasteiger charge is -2.28. The Morgan fingerprint density at radius 3 is 3.06 bits per heavy atom. The van der Waals surface area contributed by atoms with Crippen LogP contribution in [0.15, 0.2) is 0 Å². The maximum Gasteiger partial charge on any atom is 0.269 e. The van der Waals surface area contributed by atoms with Gasteiger partial charge in [0.25, 0.3) is 5.91 Å². The minimum Gasteiger partial charge on any atom is -0.364 e. The molecule has 1 saturated heterocycles. The van der Waals surface area contributed by atoms with E-state index in [-0.39, 0.29) is 6.23 Å². The molecular weight excluding hydrogens is 226 g/mol. The third-order valence-electron chi connectivity index (χ3n) is 3.03. The van der Waals surface area contributed by atoms with E-state index < -0.39 is 5.91 Å². The fourth-order valence-corrected chi connectivity index (χ4v) is 3.11. The van der Waals surface area contributed by atoms with Crippen LogP contribution in [-0.2, 0) is 16.9 Å². The first-order valence-corrected chi connectivity index (χ1v) is 6.52. The Labute approximate surface area is 97.3 Å². The van der Waals surface area contributed by atoms with Gasteiger partial charge in [-0.05, 0) is 12.2 Å². The molecule has 86 valence electrons. The smallest absolute Gasteiger partial charge is 0.269 e. The zero-order valence-electron chi connectivity index (χ0n) is 8.81. The van der Waals surface area contributed by atoms with Crippen LogP contribution in [0.1, 0.15) is 34.4 Å². The van der Waals surface area contributed by atoms with Crippen LogP contribution in [0.4, 0.5) is 0 Å². The van der Waals surface area contributed by atoms with E-state index in [9.17, 15) is 4.79 Å². The number of ether oxygens (including phenoxy) is 1. The minimum atomic E-state index is -0.433. The van der Waals surface area contributed by atoms with Crippen LogP contribution in [0.2, 0.25) is 0 Å².